The molecule has 2 saturated heterocycles. The molecule has 1 N–H and O–H groups in total. The third-order valence-electron chi connectivity index (χ3n) is 4.84. The van der Waals surface area contributed by atoms with Gasteiger partial charge in [-0.2, -0.15) is 0 Å². The highest BCUT2D eigenvalue weighted by molar-refractivity contribution is 4.91. The van der Waals surface area contributed by atoms with Crippen molar-refractivity contribution in [2.24, 2.45) is 5.92 Å². The summed E-state index contributed by atoms with van der Waals surface area (Å²) in [5.41, 5.74) is 0. The molecular formula is C14H27N3. The lowest BCUT2D eigenvalue weighted by Crippen LogP contribution is -2.41. The Morgan fingerprint density at radius 2 is 1.94 bits per heavy atom. The molecule has 1 saturated carbocycles. The molecule has 3 heteroatoms. The fourth-order valence-corrected chi connectivity index (χ4v) is 3.45. The van der Waals surface area contributed by atoms with E-state index >= 15 is 0 Å². The van der Waals surface area contributed by atoms with E-state index in [1.165, 1.54) is 51.9 Å². The molecule has 3 nitrogen and oxygen atoms in total. The van der Waals surface area contributed by atoms with Crippen LogP contribution in [0.1, 0.15) is 32.6 Å². The van der Waals surface area contributed by atoms with Gasteiger partial charge in [0.05, 0.1) is 0 Å². The average molecular weight is 237 g/mol. The lowest BCUT2D eigenvalue weighted by atomic mass is 10.1. The quantitative estimate of drug-likeness (QED) is 0.791. The molecule has 0 bridgehead atoms. The molecular weight excluding hydrogens is 210 g/mol. The van der Waals surface area contributed by atoms with Crippen molar-refractivity contribution in [3.05, 3.63) is 0 Å². The highest BCUT2D eigenvalue weighted by Gasteiger charge is 2.32. The predicted molar refractivity (Wildman–Crippen MR) is 71.2 cm³/mol. The molecule has 0 aromatic heterocycles. The van der Waals surface area contributed by atoms with Crippen molar-refractivity contribution < 1.29 is 0 Å². The molecule has 0 radical (unpaired) electrons. The number of nitrogens with one attached hydrogen (secondary N) is 1. The number of rotatable bonds is 4. The molecule has 98 valence electrons. The van der Waals surface area contributed by atoms with E-state index in [0.717, 1.165) is 24.0 Å². The fourth-order valence-electron chi connectivity index (χ4n) is 3.45. The van der Waals surface area contributed by atoms with Gasteiger partial charge in [-0.05, 0) is 52.1 Å². The summed E-state index contributed by atoms with van der Waals surface area (Å²) in [6, 6.07) is 2.26. The van der Waals surface area contributed by atoms with Gasteiger partial charge in [0.1, 0.15) is 0 Å². The van der Waals surface area contributed by atoms with Crippen LogP contribution in [0.2, 0.25) is 0 Å². The van der Waals surface area contributed by atoms with Crippen molar-refractivity contribution >= 4 is 0 Å². The number of likely N-dealkylation sites (N-methyl/N-ethyl adjacent to an activating group) is 1. The Kier molecular flexibility index (Phi) is 3.42. The van der Waals surface area contributed by atoms with Gasteiger partial charge in [-0.25, -0.2) is 0 Å². The van der Waals surface area contributed by atoms with Gasteiger partial charge in [-0.3, -0.25) is 0 Å². The largest absolute Gasteiger partial charge is 0.309 e. The van der Waals surface area contributed by atoms with Gasteiger partial charge in [0.25, 0.3) is 0 Å². The van der Waals surface area contributed by atoms with E-state index in [4.69, 9.17) is 0 Å². The zero-order valence-corrected chi connectivity index (χ0v) is 11.4. The Bertz CT molecular complexity index is 254. The molecule has 2 aliphatic heterocycles. The second-order valence-electron chi connectivity index (χ2n) is 6.58. The molecule has 0 spiro atoms. The van der Waals surface area contributed by atoms with Gasteiger partial charge in [0, 0.05) is 37.8 Å². The third-order valence-corrected chi connectivity index (χ3v) is 4.84. The average Bonchev–Trinajstić information content (AvgIpc) is 2.89. The van der Waals surface area contributed by atoms with Gasteiger partial charge < -0.3 is 15.1 Å². The molecule has 0 aromatic rings. The molecule has 2 heterocycles. The third kappa shape index (κ3) is 3.01. The van der Waals surface area contributed by atoms with Crippen molar-refractivity contribution in [3.8, 4) is 0 Å². The summed E-state index contributed by atoms with van der Waals surface area (Å²) in [6.45, 7) is 7.58. The summed E-state index contributed by atoms with van der Waals surface area (Å²) >= 11 is 0. The summed E-state index contributed by atoms with van der Waals surface area (Å²) in [6.07, 6.45) is 5.66. The molecule has 0 aromatic carbocycles. The highest BCUT2D eigenvalue weighted by atomic mass is 15.2. The standard InChI is InChI=1S/C14H27N3/c1-11-7-14(9-16(11)2)15-13-5-6-17(10-13)8-12-3-4-12/h11-15H,3-10H2,1-2H3/t11-,13-,14-/m1/s1. The van der Waals surface area contributed by atoms with E-state index < -0.39 is 0 Å². The minimum atomic E-state index is 0.737. The minimum absolute atomic E-state index is 0.737. The van der Waals surface area contributed by atoms with Gasteiger partial charge in [-0.1, -0.05) is 0 Å². The first-order valence-corrected chi connectivity index (χ1v) is 7.39. The maximum Gasteiger partial charge on any atom is 0.0212 e. The normalized spacial score (nSPS) is 40.2. The van der Waals surface area contributed by atoms with E-state index in [0.29, 0.717) is 0 Å². The van der Waals surface area contributed by atoms with Crippen molar-refractivity contribution in [2.45, 2.75) is 50.7 Å². The number of nitrogens with zero attached hydrogens (tertiary/aromatic N) is 2. The second-order valence-corrected chi connectivity index (χ2v) is 6.58. The van der Waals surface area contributed by atoms with Crippen LogP contribution in [-0.4, -0.2) is 61.2 Å². The van der Waals surface area contributed by atoms with Crippen molar-refractivity contribution in [1.82, 2.24) is 15.1 Å². The van der Waals surface area contributed by atoms with Gasteiger partial charge >= 0.3 is 0 Å². The fraction of sp³-hybridized carbons (Fsp3) is 1.00. The zero-order valence-electron chi connectivity index (χ0n) is 11.4. The highest BCUT2D eigenvalue weighted by Crippen LogP contribution is 2.30. The Labute approximate surface area is 106 Å². The molecule has 3 atom stereocenters. The van der Waals surface area contributed by atoms with Crippen LogP contribution < -0.4 is 5.32 Å². The van der Waals surface area contributed by atoms with Crippen LogP contribution in [0.4, 0.5) is 0 Å². The van der Waals surface area contributed by atoms with Gasteiger partial charge in [0.15, 0.2) is 0 Å². The van der Waals surface area contributed by atoms with Crippen LogP contribution >= 0.6 is 0 Å². The van der Waals surface area contributed by atoms with Crippen LogP contribution in [0.5, 0.6) is 0 Å². The van der Waals surface area contributed by atoms with Gasteiger partial charge in [-0.15, -0.1) is 0 Å². The van der Waals surface area contributed by atoms with E-state index in [1.54, 1.807) is 0 Å². The summed E-state index contributed by atoms with van der Waals surface area (Å²) in [5, 5.41) is 3.88. The first kappa shape index (κ1) is 11.9. The number of likely N-dealkylation sites (tertiary alicyclic amines) is 2. The first-order chi connectivity index (χ1) is 8.20. The Morgan fingerprint density at radius 1 is 1.12 bits per heavy atom. The van der Waals surface area contributed by atoms with E-state index in [-0.39, 0.29) is 0 Å². The number of hydrogen-bond donors (Lipinski definition) is 1. The Hall–Kier alpha value is -0.120. The SMILES string of the molecule is C[C@@H]1C[C@@H](N[C@@H]2CCN(CC3CC3)C2)CN1C. The lowest BCUT2D eigenvalue weighted by molar-refractivity contribution is 0.305. The Morgan fingerprint density at radius 3 is 2.59 bits per heavy atom. The summed E-state index contributed by atoms with van der Waals surface area (Å²) < 4.78 is 0. The zero-order chi connectivity index (χ0) is 11.8. The van der Waals surface area contributed by atoms with Crippen LogP contribution in [0.3, 0.4) is 0 Å². The molecule has 0 amide bonds. The molecule has 17 heavy (non-hydrogen) atoms. The van der Waals surface area contributed by atoms with Crippen LogP contribution in [-0.2, 0) is 0 Å². The van der Waals surface area contributed by atoms with Gasteiger partial charge in [0.2, 0.25) is 0 Å². The minimum Gasteiger partial charge on any atom is -0.309 e. The molecule has 0 unspecified atom stereocenters. The van der Waals surface area contributed by atoms with E-state index in [9.17, 15) is 0 Å². The lowest BCUT2D eigenvalue weighted by Gasteiger charge is -2.20. The summed E-state index contributed by atoms with van der Waals surface area (Å²) in [4.78, 5) is 5.16. The Balaban J connectivity index is 1.41. The van der Waals surface area contributed by atoms with E-state index in [2.05, 4.69) is 29.1 Å². The topological polar surface area (TPSA) is 18.5 Å². The smallest absolute Gasteiger partial charge is 0.0212 e. The first-order valence-electron chi connectivity index (χ1n) is 7.39. The second kappa shape index (κ2) is 4.87. The monoisotopic (exact) mass is 237 g/mol. The van der Waals surface area contributed by atoms with Crippen LogP contribution in [0, 0.1) is 5.92 Å². The molecule has 3 rings (SSSR count). The van der Waals surface area contributed by atoms with Crippen molar-refractivity contribution in [3.63, 3.8) is 0 Å². The van der Waals surface area contributed by atoms with Crippen LogP contribution in [0.15, 0.2) is 0 Å². The molecule has 1 aliphatic carbocycles. The molecule has 3 aliphatic rings. The predicted octanol–water partition coefficient (Wildman–Crippen LogP) is 1.15. The van der Waals surface area contributed by atoms with Crippen molar-refractivity contribution in [1.29, 1.82) is 0 Å². The number of hydrogen-bond acceptors (Lipinski definition) is 3. The van der Waals surface area contributed by atoms with Crippen LogP contribution in [0.25, 0.3) is 0 Å². The summed E-state index contributed by atoms with van der Waals surface area (Å²) in [5.74, 6) is 1.05. The summed E-state index contributed by atoms with van der Waals surface area (Å²) in [7, 11) is 2.25. The van der Waals surface area contributed by atoms with E-state index in [1.807, 2.05) is 0 Å². The van der Waals surface area contributed by atoms with Crippen molar-refractivity contribution in [2.75, 3.05) is 33.2 Å². The maximum absolute atomic E-state index is 3.88. The maximum atomic E-state index is 3.88. The molecule has 3 fully saturated rings.